The fraction of sp³-hybridized carbons (Fsp3) is 0.500. The Morgan fingerprint density at radius 1 is 1.35 bits per heavy atom. The molecule has 1 saturated heterocycles. The lowest BCUT2D eigenvalue weighted by Crippen LogP contribution is -2.37. The molecule has 0 amide bonds. The van der Waals surface area contributed by atoms with Crippen LogP contribution in [0.25, 0.3) is 10.2 Å². The van der Waals surface area contributed by atoms with E-state index in [-0.39, 0.29) is 5.92 Å². The molecule has 0 aliphatic carbocycles. The van der Waals surface area contributed by atoms with Crippen molar-refractivity contribution in [1.29, 1.82) is 0 Å². The highest BCUT2D eigenvalue weighted by Gasteiger charge is 2.26. The maximum atomic E-state index is 11.0. The number of piperidine rings is 1. The summed E-state index contributed by atoms with van der Waals surface area (Å²) in [7, 11) is 0. The second-order valence-electron chi connectivity index (χ2n) is 5.29. The van der Waals surface area contributed by atoms with Crippen LogP contribution < -0.4 is 4.90 Å². The quantitative estimate of drug-likeness (QED) is 0.921. The van der Waals surface area contributed by atoms with E-state index < -0.39 is 5.97 Å². The lowest BCUT2D eigenvalue weighted by Gasteiger charge is -2.31. The number of carbonyl (C=O) groups is 1. The molecule has 1 N–H and O–H groups in total. The highest BCUT2D eigenvalue weighted by atomic mass is 32.1. The van der Waals surface area contributed by atoms with Gasteiger partial charge in [-0.05, 0) is 37.6 Å². The number of thiophene rings is 1. The van der Waals surface area contributed by atoms with Gasteiger partial charge in [0.25, 0.3) is 0 Å². The second kappa shape index (κ2) is 5.01. The normalized spacial score (nSPS) is 16.8. The highest BCUT2D eigenvalue weighted by Crippen LogP contribution is 2.33. The van der Waals surface area contributed by atoms with E-state index in [2.05, 4.69) is 27.2 Å². The zero-order chi connectivity index (χ0) is 14.3. The van der Waals surface area contributed by atoms with Gasteiger partial charge in [0.2, 0.25) is 0 Å². The standard InChI is InChI=1S/C14H17N3O2S/c1-8-7-20-13-11(8)12(15-9(2)16-13)17-5-3-10(4-6-17)14(18)19/h7,10H,3-6H2,1-2H3,(H,18,19). The number of carboxylic acid groups (broad SMARTS) is 1. The fourth-order valence-corrected chi connectivity index (χ4v) is 3.69. The van der Waals surface area contributed by atoms with Crippen molar-refractivity contribution < 1.29 is 9.90 Å². The molecule has 0 saturated carbocycles. The summed E-state index contributed by atoms with van der Waals surface area (Å²) in [6.45, 7) is 5.47. The monoisotopic (exact) mass is 291 g/mol. The number of aryl methyl sites for hydroxylation is 2. The summed E-state index contributed by atoms with van der Waals surface area (Å²) in [5.41, 5.74) is 1.19. The molecule has 2 aromatic rings. The van der Waals surface area contributed by atoms with Crippen LogP contribution in [-0.2, 0) is 4.79 Å². The van der Waals surface area contributed by atoms with E-state index in [1.165, 1.54) is 5.56 Å². The van der Waals surface area contributed by atoms with Gasteiger partial charge in [0.05, 0.1) is 11.3 Å². The third kappa shape index (κ3) is 2.24. The molecule has 106 valence electrons. The van der Waals surface area contributed by atoms with Crippen LogP contribution in [0, 0.1) is 19.8 Å². The van der Waals surface area contributed by atoms with Crippen molar-refractivity contribution in [3.63, 3.8) is 0 Å². The third-order valence-electron chi connectivity index (χ3n) is 3.85. The van der Waals surface area contributed by atoms with Crippen LogP contribution in [0.4, 0.5) is 5.82 Å². The van der Waals surface area contributed by atoms with Crippen LogP contribution in [0.1, 0.15) is 24.2 Å². The topological polar surface area (TPSA) is 66.3 Å². The third-order valence-corrected chi connectivity index (χ3v) is 4.84. The van der Waals surface area contributed by atoms with Crippen LogP contribution in [0.15, 0.2) is 5.38 Å². The summed E-state index contributed by atoms with van der Waals surface area (Å²) in [5, 5.41) is 12.3. The van der Waals surface area contributed by atoms with E-state index in [0.29, 0.717) is 12.8 Å². The summed E-state index contributed by atoms with van der Waals surface area (Å²) in [4.78, 5) is 23.3. The van der Waals surface area contributed by atoms with Crippen molar-refractivity contribution in [2.75, 3.05) is 18.0 Å². The Morgan fingerprint density at radius 3 is 2.70 bits per heavy atom. The van der Waals surface area contributed by atoms with Crippen molar-refractivity contribution in [2.45, 2.75) is 26.7 Å². The number of anilines is 1. The van der Waals surface area contributed by atoms with E-state index >= 15 is 0 Å². The molecular weight excluding hydrogens is 274 g/mol. The molecule has 0 unspecified atom stereocenters. The molecule has 20 heavy (non-hydrogen) atoms. The van der Waals surface area contributed by atoms with E-state index in [4.69, 9.17) is 5.11 Å². The highest BCUT2D eigenvalue weighted by molar-refractivity contribution is 7.17. The number of carboxylic acids is 1. The number of aliphatic carboxylic acids is 1. The first-order chi connectivity index (χ1) is 9.56. The first-order valence-corrected chi connectivity index (χ1v) is 7.64. The second-order valence-corrected chi connectivity index (χ2v) is 6.15. The Labute approximate surface area is 121 Å². The maximum Gasteiger partial charge on any atom is 0.306 e. The van der Waals surface area contributed by atoms with Crippen molar-refractivity contribution in [3.8, 4) is 0 Å². The molecule has 2 aromatic heterocycles. The molecule has 5 nitrogen and oxygen atoms in total. The summed E-state index contributed by atoms with van der Waals surface area (Å²) >= 11 is 1.64. The zero-order valence-electron chi connectivity index (χ0n) is 11.6. The van der Waals surface area contributed by atoms with Gasteiger partial charge in [-0.3, -0.25) is 4.79 Å². The number of nitrogens with zero attached hydrogens (tertiary/aromatic N) is 3. The predicted octanol–water partition coefficient (Wildman–Crippen LogP) is 2.61. The predicted molar refractivity (Wildman–Crippen MR) is 79.5 cm³/mol. The SMILES string of the molecule is Cc1nc(N2CCC(C(=O)O)CC2)c2c(C)csc2n1. The molecule has 0 bridgehead atoms. The molecule has 1 aliphatic rings. The number of hydrogen-bond acceptors (Lipinski definition) is 5. The van der Waals surface area contributed by atoms with Crippen LogP contribution in [0.3, 0.4) is 0 Å². The summed E-state index contributed by atoms with van der Waals surface area (Å²) in [6.07, 6.45) is 1.37. The van der Waals surface area contributed by atoms with Crippen LogP contribution >= 0.6 is 11.3 Å². The molecule has 0 aromatic carbocycles. The van der Waals surface area contributed by atoms with Gasteiger partial charge in [0.1, 0.15) is 16.5 Å². The van der Waals surface area contributed by atoms with Crippen molar-refractivity contribution >= 4 is 33.3 Å². The Hall–Kier alpha value is -1.69. The van der Waals surface area contributed by atoms with E-state index in [9.17, 15) is 4.79 Å². The van der Waals surface area contributed by atoms with Gasteiger partial charge < -0.3 is 10.0 Å². The Balaban J connectivity index is 1.95. The summed E-state index contributed by atoms with van der Waals surface area (Å²) < 4.78 is 0. The Kier molecular flexibility index (Phi) is 3.33. The van der Waals surface area contributed by atoms with Crippen LogP contribution in [0.2, 0.25) is 0 Å². The van der Waals surface area contributed by atoms with Gasteiger partial charge in [-0.25, -0.2) is 9.97 Å². The Morgan fingerprint density at radius 2 is 2.05 bits per heavy atom. The van der Waals surface area contributed by atoms with Crippen LogP contribution in [-0.4, -0.2) is 34.1 Å². The van der Waals surface area contributed by atoms with Crippen molar-refractivity contribution in [3.05, 3.63) is 16.8 Å². The van der Waals surface area contributed by atoms with Gasteiger partial charge in [0, 0.05) is 13.1 Å². The minimum absolute atomic E-state index is 0.215. The molecule has 1 aliphatic heterocycles. The lowest BCUT2D eigenvalue weighted by molar-refractivity contribution is -0.142. The van der Waals surface area contributed by atoms with E-state index in [0.717, 1.165) is 34.9 Å². The molecule has 6 heteroatoms. The molecule has 3 heterocycles. The molecule has 0 radical (unpaired) electrons. The number of rotatable bonds is 2. The van der Waals surface area contributed by atoms with Gasteiger partial charge in [0.15, 0.2) is 0 Å². The fourth-order valence-electron chi connectivity index (χ4n) is 2.73. The number of aromatic nitrogens is 2. The van der Waals surface area contributed by atoms with Gasteiger partial charge in [-0.1, -0.05) is 0 Å². The van der Waals surface area contributed by atoms with E-state index in [1.807, 2.05) is 6.92 Å². The first kappa shape index (κ1) is 13.3. The molecule has 3 rings (SSSR count). The van der Waals surface area contributed by atoms with Gasteiger partial charge >= 0.3 is 5.97 Å². The smallest absolute Gasteiger partial charge is 0.306 e. The minimum atomic E-state index is -0.680. The summed E-state index contributed by atoms with van der Waals surface area (Å²) in [5.74, 6) is 0.846. The number of fused-ring (bicyclic) bond motifs is 1. The van der Waals surface area contributed by atoms with E-state index in [1.54, 1.807) is 11.3 Å². The first-order valence-electron chi connectivity index (χ1n) is 6.76. The lowest BCUT2D eigenvalue weighted by atomic mass is 9.97. The van der Waals surface area contributed by atoms with Gasteiger partial charge in [-0.15, -0.1) is 11.3 Å². The number of hydrogen-bond donors (Lipinski definition) is 1. The minimum Gasteiger partial charge on any atom is -0.481 e. The zero-order valence-corrected chi connectivity index (χ0v) is 12.4. The Bertz CT molecular complexity index is 660. The van der Waals surface area contributed by atoms with Gasteiger partial charge in [-0.2, -0.15) is 0 Å². The molecular formula is C14H17N3O2S. The van der Waals surface area contributed by atoms with Crippen LogP contribution in [0.5, 0.6) is 0 Å². The summed E-state index contributed by atoms with van der Waals surface area (Å²) in [6, 6.07) is 0. The average molecular weight is 291 g/mol. The average Bonchev–Trinajstić information content (AvgIpc) is 2.79. The maximum absolute atomic E-state index is 11.0. The largest absolute Gasteiger partial charge is 0.481 e. The van der Waals surface area contributed by atoms with Crippen molar-refractivity contribution in [2.24, 2.45) is 5.92 Å². The van der Waals surface area contributed by atoms with Crippen molar-refractivity contribution in [1.82, 2.24) is 9.97 Å². The molecule has 0 spiro atoms. The molecule has 0 atom stereocenters. The molecule has 1 fully saturated rings.